The molecule has 4 nitrogen and oxygen atoms in total. The van der Waals surface area contributed by atoms with E-state index in [0.717, 1.165) is 18.9 Å². The molecular formula is C14H18F2N2O2. The van der Waals surface area contributed by atoms with Gasteiger partial charge in [0.15, 0.2) is 0 Å². The number of amides is 1. The summed E-state index contributed by atoms with van der Waals surface area (Å²) < 4.78 is 32.0. The van der Waals surface area contributed by atoms with Crippen molar-refractivity contribution in [2.45, 2.75) is 31.8 Å². The minimum absolute atomic E-state index is 0.251. The Kier molecular flexibility index (Phi) is 4.89. The summed E-state index contributed by atoms with van der Waals surface area (Å²) in [5.74, 6) is -2.42. The Morgan fingerprint density at radius 2 is 2.00 bits per heavy atom. The SMILES string of the molecule is Nc1cc(C(=O)NCCOC2CCCC2)c(F)cc1F. The fourth-order valence-corrected chi connectivity index (χ4v) is 2.28. The maximum atomic E-state index is 13.4. The minimum atomic E-state index is -0.925. The smallest absolute Gasteiger partial charge is 0.254 e. The Morgan fingerprint density at radius 3 is 2.70 bits per heavy atom. The Bertz CT molecular complexity index is 488. The summed E-state index contributed by atoms with van der Waals surface area (Å²) in [5, 5.41) is 2.53. The molecule has 2 rings (SSSR count). The number of anilines is 1. The Hall–Kier alpha value is -1.69. The van der Waals surface area contributed by atoms with Gasteiger partial charge in [-0.25, -0.2) is 8.78 Å². The molecule has 3 N–H and O–H groups in total. The Morgan fingerprint density at radius 1 is 1.30 bits per heavy atom. The number of benzene rings is 1. The van der Waals surface area contributed by atoms with Crippen LogP contribution in [0.3, 0.4) is 0 Å². The first-order valence-corrected chi connectivity index (χ1v) is 6.72. The highest BCUT2D eigenvalue weighted by Crippen LogP contribution is 2.20. The highest BCUT2D eigenvalue weighted by Gasteiger charge is 2.16. The number of halogens is 2. The third-order valence-corrected chi connectivity index (χ3v) is 3.37. The van der Waals surface area contributed by atoms with Gasteiger partial charge in [0.05, 0.1) is 24.0 Å². The number of nitrogen functional groups attached to an aromatic ring is 1. The highest BCUT2D eigenvalue weighted by molar-refractivity contribution is 5.95. The molecule has 0 saturated heterocycles. The summed E-state index contributed by atoms with van der Waals surface area (Å²) in [4.78, 5) is 11.7. The third kappa shape index (κ3) is 3.66. The van der Waals surface area contributed by atoms with Crippen LogP contribution in [0.25, 0.3) is 0 Å². The zero-order valence-corrected chi connectivity index (χ0v) is 11.1. The van der Waals surface area contributed by atoms with Crippen LogP contribution in [0, 0.1) is 11.6 Å². The van der Waals surface area contributed by atoms with Crippen molar-refractivity contribution in [2.24, 2.45) is 0 Å². The molecule has 0 aliphatic heterocycles. The van der Waals surface area contributed by atoms with Gasteiger partial charge in [-0.2, -0.15) is 0 Å². The van der Waals surface area contributed by atoms with E-state index >= 15 is 0 Å². The van der Waals surface area contributed by atoms with Crippen LogP contribution in [-0.4, -0.2) is 25.2 Å². The summed E-state index contributed by atoms with van der Waals surface area (Å²) in [5.41, 5.74) is 4.81. The van der Waals surface area contributed by atoms with Crippen LogP contribution in [-0.2, 0) is 4.74 Å². The second kappa shape index (κ2) is 6.65. The molecule has 110 valence electrons. The van der Waals surface area contributed by atoms with Gasteiger partial charge in [-0.15, -0.1) is 0 Å². The largest absolute Gasteiger partial charge is 0.396 e. The van der Waals surface area contributed by atoms with Crippen molar-refractivity contribution in [3.8, 4) is 0 Å². The quantitative estimate of drug-likeness (QED) is 0.644. The van der Waals surface area contributed by atoms with E-state index in [4.69, 9.17) is 10.5 Å². The minimum Gasteiger partial charge on any atom is -0.396 e. The lowest BCUT2D eigenvalue weighted by Crippen LogP contribution is -2.29. The van der Waals surface area contributed by atoms with Crippen molar-refractivity contribution >= 4 is 11.6 Å². The van der Waals surface area contributed by atoms with Crippen molar-refractivity contribution in [1.82, 2.24) is 5.32 Å². The molecule has 1 aromatic carbocycles. The van der Waals surface area contributed by atoms with Gasteiger partial charge in [-0.1, -0.05) is 12.8 Å². The van der Waals surface area contributed by atoms with Gasteiger partial charge in [0.25, 0.3) is 5.91 Å². The Balaban J connectivity index is 1.81. The number of nitrogens with one attached hydrogen (secondary N) is 1. The van der Waals surface area contributed by atoms with Crippen LogP contribution in [0.4, 0.5) is 14.5 Å². The predicted molar refractivity (Wildman–Crippen MR) is 71.3 cm³/mol. The molecule has 6 heteroatoms. The molecular weight excluding hydrogens is 266 g/mol. The monoisotopic (exact) mass is 284 g/mol. The maximum absolute atomic E-state index is 13.4. The van der Waals surface area contributed by atoms with Crippen LogP contribution in [0.1, 0.15) is 36.0 Å². The molecule has 20 heavy (non-hydrogen) atoms. The van der Waals surface area contributed by atoms with Gasteiger partial charge in [0.2, 0.25) is 0 Å². The van der Waals surface area contributed by atoms with E-state index < -0.39 is 17.5 Å². The summed E-state index contributed by atoms with van der Waals surface area (Å²) >= 11 is 0. The number of carbonyl (C=O) groups is 1. The van der Waals surface area contributed by atoms with Gasteiger partial charge in [0.1, 0.15) is 11.6 Å². The van der Waals surface area contributed by atoms with E-state index in [1.54, 1.807) is 0 Å². The maximum Gasteiger partial charge on any atom is 0.254 e. The zero-order chi connectivity index (χ0) is 14.5. The molecule has 1 aliphatic carbocycles. The van der Waals surface area contributed by atoms with Crippen LogP contribution < -0.4 is 11.1 Å². The van der Waals surface area contributed by atoms with Crippen LogP contribution >= 0.6 is 0 Å². The molecule has 0 radical (unpaired) electrons. The van der Waals surface area contributed by atoms with Crippen molar-refractivity contribution in [1.29, 1.82) is 0 Å². The lowest BCUT2D eigenvalue weighted by atomic mass is 10.1. The molecule has 0 spiro atoms. The fraction of sp³-hybridized carbons (Fsp3) is 0.500. The van der Waals surface area contributed by atoms with E-state index in [2.05, 4.69) is 5.32 Å². The van der Waals surface area contributed by atoms with Gasteiger partial charge in [0, 0.05) is 12.6 Å². The first-order valence-electron chi connectivity index (χ1n) is 6.72. The first-order chi connectivity index (χ1) is 9.58. The molecule has 0 aromatic heterocycles. The van der Waals surface area contributed by atoms with E-state index in [1.807, 2.05) is 0 Å². The highest BCUT2D eigenvalue weighted by atomic mass is 19.1. The van der Waals surface area contributed by atoms with Gasteiger partial charge in [-0.3, -0.25) is 4.79 Å². The van der Waals surface area contributed by atoms with Gasteiger partial charge in [-0.05, 0) is 18.9 Å². The number of carbonyl (C=O) groups excluding carboxylic acids is 1. The summed E-state index contributed by atoms with van der Waals surface area (Å²) in [6.07, 6.45) is 4.73. The van der Waals surface area contributed by atoms with Crippen molar-refractivity contribution < 1.29 is 18.3 Å². The van der Waals surface area contributed by atoms with Gasteiger partial charge >= 0.3 is 0 Å². The average molecular weight is 284 g/mol. The normalized spacial score (nSPS) is 15.5. The fourth-order valence-electron chi connectivity index (χ4n) is 2.28. The third-order valence-electron chi connectivity index (χ3n) is 3.37. The van der Waals surface area contributed by atoms with Gasteiger partial charge < -0.3 is 15.8 Å². The van der Waals surface area contributed by atoms with Crippen LogP contribution in [0.2, 0.25) is 0 Å². The molecule has 1 saturated carbocycles. The molecule has 0 heterocycles. The lowest BCUT2D eigenvalue weighted by Gasteiger charge is -2.12. The standard InChI is InChI=1S/C14H18F2N2O2/c15-11-8-12(16)13(17)7-10(11)14(19)18-5-6-20-9-3-1-2-4-9/h7-9H,1-6,17H2,(H,18,19). The summed E-state index contributed by atoms with van der Waals surface area (Å²) in [6, 6.07) is 1.61. The number of hydrogen-bond donors (Lipinski definition) is 2. The second-order valence-corrected chi connectivity index (χ2v) is 4.89. The number of ether oxygens (including phenoxy) is 1. The predicted octanol–water partition coefficient (Wildman–Crippen LogP) is 2.24. The van der Waals surface area contributed by atoms with E-state index in [9.17, 15) is 13.6 Å². The molecule has 0 unspecified atom stereocenters. The van der Waals surface area contributed by atoms with Crippen LogP contribution in [0.5, 0.6) is 0 Å². The van der Waals surface area contributed by atoms with Crippen molar-refractivity contribution in [2.75, 3.05) is 18.9 Å². The second-order valence-electron chi connectivity index (χ2n) is 4.89. The molecule has 1 aromatic rings. The summed E-state index contributed by atoms with van der Waals surface area (Å²) in [6.45, 7) is 0.667. The first kappa shape index (κ1) is 14.7. The molecule has 1 aliphatic rings. The van der Waals surface area contributed by atoms with Crippen LogP contribution in [0.15, 0.2) is 12.1 Å². The van der Waals surface area contributed by atoms with Crippen molar-refractivity contribution in [3.63, 3.8) is 0 Å². The van der Waals surface area contributed by atoms with E-state index in [-0.39, 0.29) is 23.9 Å². The van der Waals surface area contributed by atoms with E-state index in [0.29, 0.717) is 12.7 Å². The molecule has 0 atom stereocenters. The molecule has 0 bridgehead atoms. The topological polar surface area (TPSA) is 64.4 Å². The zero-order valence-electron chi connectivity index (χ0n) is 11.1. The number of nitrogens with two attached hydrogens (primary N) is 1. The average Bonchev–Trinajstić information content (AvgIpc) is 2.92. The van der Waals surface area contributed by atoms with E-state index in [1.165, 1.54) is 12.8 Å². The lowest BCUT2D eigenvalue weighted by molar-refractivity contribution is 0.0581. The summed E-state index contributed by atoms with van der Waals surface area (Å²) in [7, 11) is 0. The number of hydrogen-bond acceptors (Lipinski definition) is 3. The van der Waals surface area contributed by atoms with Crippen molar-refractivity contribution in [3.05, 3.63) is 29.3 Å². The Labute approximate surface area is 116 Å². The molecule has 1 amide bonds. The number of rotatable bonds is 5. The molecule has 1 fully saturated rings.